The number of anilines is 1. The van der Waals surface area contributed by atoms with Crippen molar-refractivity contribution in [3.05, 3.63) is 77.7 Å². The predicted molar refractivity (Wildman–Crippen MR) is 112 cm³/mol. The third-order valence-corrected chi connectivity index (χ3v) is 5.39. The van der Waals surface area contributed by atoms with Crippen molar-refractivity contribution in [1.29, 1.82) is 0 Å². The Morgan fingerprint density at radius 1 is 1.07 bits per heavy atom. The average molecular weight is 406 g/mol. The Hall–Kier alpha value is -3.48. The molecule has 7 heteroatoms. The van der Waals surface area contributed by atoms with E-state index in [4.69, 9.17) is 0 Å². The van der Waals surface area contributed by atoms with Gasteiger partial charge in [0.15, 0.2) is 0 Å². The zero-order valence-electron chi connectivity index (χ0n) is 16.7. The van der Waals surface area contributed by atoms with Crippen LogP contribution in [0.3, 0.4) is 0 Å². The molecular formula is C23H23FN4O2. The van der Waals surface area contributed by atoms with Gasteiger partial charge in [0, 0.05) is 18.7 Å². The van der Waals surface area contributed by atoms with Crippen LogP contribution in [0.2, 0.25) is 0 Å². The first-order chi connectivity index (χ1) is 14.5. The van der Waals surface area contributed by atoms with E-state index in [-0.39, 0.29) is 17.3 Å². The average Bonchev–Trinajstić information content (AvgIpc) is 3.18. The number of carbonyl (C=O) groups excluding carboxylic acids is 2. The van der Waals surface area contributed by atoms with Crippen LogP contribution < -0.4 is 5.32 Å². The maximum absolute atomic E-state index is 13.6. The molecular weight excluding hydrogens is 383 g/mol. The number of piperidine rings is 1. The number of para-hydroxylation sites is 1. The highest BCUT2D eigenvalue weighted by molar-refractivity contribution is 6.08. The molecule has 1 aromatic heterocycles. The number of nitrogens with zero attached hydrogens (tertiary/aromatic N) is 3. The summed E-state index contributed by atoms with van der Waals surface area (Å²) >= 11 is 0. The number of likely N-dealkylation sites (tertiary alicyclic amines) is 1. The second kappa shape index (κ2) is 8.49. The Balaban J connectivity index is 1.69. The quantitative estimate of drug-likeness (QED) is 0.708. The van der Waals surface area contributed by atoms with Crippen molar-refractivity contribution in [1.82, 2.24) is 14.7 Å². The van der Waals surface area contributed by atoms with Gasteiger partial charge in [-0.2, -0.15) is 5.10 Å². The zero-order valence-corrected chi connectivity index (χ0v) is 16.7. The smallest absolute Gasteiger partial charge is 0.259 e. The van der Waals surface area contributed by atoms with E-state index in [9.17, 15) is 14.0 Å². The molecule has 0 saturated carbocycles. The van der Waals surface area contributed by atoms with Gasteiger partial charge in [0.2, 0.25) is 0 Å². The number of rotatable bonds is 4. The number of hydrogen-bond donors (Lipinski definition) is 1. The van der Waals surface area contributed by atoms with Crippen LogP contribution in [-0.4, -0.2) is 39.6 Å². The lowest BCUT2D eigenvalue weighted by molar-refractivity contribution is 0.0698. The first-order valence-electron chi connectivity index (χ1n) is 10.0. The van der Waals surface area contributed by atoms with Gasteiger partial charge in [-0.05, 0) is 49.1 Å². The van der Waals surface area contributed by atoms with Gasteiger partial charge in [0.05, 0.1) is 11.9 Å². The number of amides is 2. The normalized spacial score (nSPS) is 14.5. The maximum Gasteiger partial charge on any atom is 0.259 e. The number of halogens is 1. The monoisotopic (exact) mass is 406 g/mol. The van der Waals surface area contributed by atoms with E-state index in [0.29, 0.717) is 30.3 Å². The fourth-order valence-electron chi connectivity index (χ4n) is 3.58. The summed E-state index contributed by atoms with van der Waals surface area (Å²) in [4.78, 5) is 27.8. The Labute approximate surface area is 174 Å². The van der Waals surface area contributed by atoms with Crippen molar-refractivity contribution in [2.75, 3.05) is 18.4 Å². The number of hydrogen-bond acceptors (Lipinski definition) is 3. The third-order valence-electron chi connectivity index (χ3n) is 5.39. The summed E-state index contributed by atoms with van der Waals surface area (Å²) in [6.07, 6.45) is 3.38. The maximum atomic E-state index is 13.6. The van der Waals surface area contributed by atoms with E-state index in [1.54, 1.807) is 4.90 Å². The van der Waals surface area contributed by atoms with Crippen LogP contribution >= 0.6 is 0 Å². The number of carbonyl (C=O) groups is 2. The number of benzene rings is 2. The molecule has 0 atom stereocenters. The molecule has 1 aliphatic heterocycles. The van der Waals surface area contributed by atoms with Crippen LogP contribution in [0.5, 0.6) is 0 Å². The fourth-order valence-corrected chi connectivity index (χ4v) is 3.58. The van der Waals surface area contributed by atoms with E-state index in [1.807, 2.05) is 30.3 Å². The van der Waals surface area contributed by atoms with Crippen molar-refractivity contribution >= 4 is 17.6 Å². The van der Waals surface area contributed by atoms with Gasteiger partial charge in [0.25, 0.3) is 11.8 Å². The molecule has 1 N–H and O–H groups in total. The second-order valence-corrected chi connectivity index (χ2v) is 7.59. The minimum atomic E-state index is -0.506. The van der Waals surface area contributed by atoms with Gasteiger partial charge >= 0.3 is 0 Å². The highest BCUT2D eigenvalue weighted by Gasteiger charge is 2.27. The van der Waals surface area contributed by atoms with E-state index >= 15 is 0 Å². The first kappa shape index (κ1) is 19.8. The Morgan fingerprint density at radius 2 is 1.80 bits per heavy atom. The molecule has 2 aromatic carbocycles. The molecule has 2 heterocycles. The van der Waals surface area contributed by atoms with Crippen LogP contribution in [0.25, 0.3) is 5.69 Å². The summed E-state index contributed by atoms with van der Waals surface area (Å²) in [5.74, 6) is -0.308. The Bertz CT molecular complexity index is 1060. The van der Waals surface area contributed by atoms with E-state index in [1.165, 1.54) is 29.1 Å². The molecule has 0 spiro atoms. The highest BCUT2D eigenvalue weighted by Crippen LogP contribution is 2.25. The Morgan fingerprint density at radius 3 is 2.50 bits per heavy atom. The molecule has 0 radical (unpaired) electrons. The van der Waals surface area contributed by atoms with Gasteiger partial charge in [-0.15, -0.1) is 0 Å². The van der Waals surface area contributed by atoms with Crippen LogP contribution in [0, 0.1) is 11.7 Å². The molecule has 3 aromatic rings. The van der Waals surface area contributed by atoms with Crippen molar-refractivity contribution < 1.29 is 14.0 Å². The lowest BCUT2D eigenvalue weighted by Gasteiger charge is -2.30. The molecule has 2 amide bonds. The summed E-state index contributed by atoms with van der Waals surface area (Å²) in [5, 5.41) is 7.14. The van der Waals surface area contributed by atoms with Crippen molar-refractivity contribution in [2.24, 2.45) is 5.92 Å². The van der Waals surface area contributed by atoms with E-state index in [0.717, 1.165) is 18.9 Å². The molecule has 0 unspecified atom stereocenters. The van der Waals surface area contributed by atoms with Gasteiger partial charge in [0.1, 0.15) is 17.2 Å². The lowest BCUT2D eigenvalue weighted by Crippen LogP contribution is -2.38. The van der Waals surface area contributed by atoms with Crippen molar-refractivity contribution in [2.45, 2.75) is 19.8 Å². The van der Waals surface area contributed by atoms with Crippen LogP contribution in [0.15, 0.2) is 60.8 Å². The molecule has 6 nitrogen and oxygen atoms in total. The van der Waals surface area contributed by atoms with Gasteiger partial charge in [-0.1, -0.05) is 31.2 Å². The lowest BCUT2D eigenvalue weighted by atomic mass is 9.99. The van der Waals surface area contributed by atoms with Gasteiger partial charge in [-0.25, -0.2) is 9.07 Å². The minimum Gasteiger partial charge on any atom is -0.338 e. The second-order valence-electron chi connectivity index (χ2n) is 7.59. The molecule has 1 saturated heterocycles. The van der Waals surface area contributed by atoms with Crippen LogP contribution in [0.1, 0.15) is 40.5 Å². The topological polar surface area (TPSA) is 67.2 Å². The summed E-state index contributed by atoms with van der Waals surface area (Å²) in [6, 6.07) is 14.7. The zero-order chi connectivity index (χ0) is 21.1. The van der Waals surface area contributed by atoms with Crippen molar-refractivity contribution in [3.8, 4) is 5.69 Å². The fraction of sp³-hybridized carbons (Fsp3) is 0.261. The highest BCUT2D eigenvalue weighted by atomic mass is 19.1. The number of nitrogens with one attached hydrogen (secondary N) is 1. The summed E-state index contributed by atoms with van der Waals surface area (Å²) in [7, 11) is 0. The summed E-state index contributed by atoms with van der Waals surface area (Å²) in [6.45, 7) is 3.53. The molecule has 154 valence electrons. The predicted octanol–water partition coefficient (Wildman–Crippen LogP) is 4.14. The summed E-state index contributed by atoms with van der Waals surface area (Å²) in [5.41, 5.74) is 1.19. The standard InChI is InChI=1S/C23H23FN4O2/c1-16-10-12-27(13-11-16)23(30)20-15-25-28(19-8-3-2-4-9-19)21(20)26-22(29)17-6-5-7-18(24)14-17/h2-9,14-16H,10-13H2,1H3,(H,26,29). The molecule has 0 aliphatic carbocycles. The number of aromatic nitrogens is 2. The Kier molecular flexibility index (Phi) is 5.61. The third kappa shape index (κ3) is 4.10. The van der Waals surface area contributed by atoms with Gasteiger partial charge in [-0.3, -0.25) is 9.59 Å². The van der Waals surface area contributed by atoms with Gasteiger partial charge < -0.3 is 10.2 Å². The van der Waals surface area contributed by atoms with Crippen LogP contribution in [-0.2, 0) is 0 Å². The molecule has 1 aliphatic rings. The summed E-state index contributed by atoms with van der Waals surface area (Å²) < 4.78 is 15.1. The van der Waals surface area contributed by atoms with Crippen LogP contribution in [0.4, 0.5) is 10.2 Å². The molecule has 30 heavy (non-hydrogen) atoms. The minimum absolute atomic E-state index is 0.168. The largest absolute Gasteiger partial charge is 0.338 e. The van der Waals surface area contributed by atoms with Crippen molar-refractivity contribution in [3.63, 3.8) is 0 Å². The molecule has 1 fully saturated rings. The van der Waals surface area contributed by atoms with E-state index in [2.05, 4.69) is 17.3 Å². The molecule has 0 bridgehead atoms. The molecule has 4 rings (SSSR count). The first-order valence-corrected chi connectivity index (χ1v) is 10.0. The SMILES string of the molecule is CC1CCN(C(=O)c2cnn(-c3ccccc3)c2NC(=O)c2cccc(F)c2)CC1. The van der Waals surface area contributed by atoms with E-state index < -0.39 is 11.7 Å².